The largest absolute Gasteiger partial charge is 0.497 e. The quantitative estimate of drug-likeness (QED) is 0.684. The van der Waals surface area contributed by atoms with E-state index in [-0.39, 0.29) is 0 Å². The van der Waals surface area contributed by atoms with E-state index >= 15 is 0 Å². The Bertz CT molecular complexity index is 781. The van der Waals surface area contributed by atoms with Crippen LogP contribution < -0.4 is 4.74 Å². The van der Waals surface area contributed by atoms with Gasteiger partial charge in [0.05, 0.1) is 30.7 Å². The number of rotatable bonds is 4. The third-order valence-electron chi connectivity index (χ3n) is 3.37. The zero-order chi connectivity index (χ0) is 15.5. The highest BCUT2D eigenvalue weighted by molar-refractivity contribution is 6.29. The third-order valence-corrected chi connectivity index (χ3v) is 3.58. The van der Waals surface area contributed by atoms with Crippen LogP contribution in [0.1, 0.15) is 11.3 Å². The average Bonchev–Trinajstić information content (AvgIpc) is 2.89. The molecule has 22 heavy (non-hydrogen) atoms. The van der Waals surface area contributed by atoms with Crippen molar-refractivity contribution in [1.29, 1.82) is 0 Å². The van der Waals surface area contributed by atoms with Gasteiger partial charge in [-0.3, -0.25) is 4.68 Å². The fourth-order valence-corrected chi connectivity index (χ4v) is 2.49. The highest BCUT2D eigenvalue weighted by Gasteiger charge is 2.10. The van der Waals surface area contributed by atoms with Crippen LogP contribution in [-0.4, -0.2) is 21.9 Å². The summed E-state index contributed by atoms with van der Waals surface area (Å²) in [6.45, 7) is 2.64. The first-order valence-electron chi connectivity index (χ1n) is 6.96. The van der Waals surface area contributed by atoms with Gasteiger partial charge in [0.25, 0.3) is 0 Å². The maximum Gasteiger partial charge on any atom is 0.129 e. The number of methoxy groups -OCH3 is 1. The molecular weight excluding hydrogens is 298 g/mol. The predicted octanol–water partition coefficient (Wildman–Crippen LogP) is 3.96. The molecule has 0 spiro atoms. The molecule has 3 rings (SSSR count). The van der Waals surface area contributed by atoms with E-state index in [4.69, 9.17) is 16.3 Å². The summed E-state index contributed by atoms with van der Waals surface area (Å²) in [6, 6.07) is 15.6. The first kappa shape index (κ1) is 14.6. The van der Waals surface area contributed by atoms with E-state index in [0.717, 1.165) is 28.4 Å². The van der Waals surface area contributed by atoms with Crippen LogP contribution in [0.4, 0.5) is 0 Å². The number of hydrogen-bond donors (Lipinski definition) is 0. The Balaban J connectivity index is 1.93. The zero-order valence-electron chi connectivity index (χ0n) is 12.5. The van der Waals surface area contributed by atoms with Gasteiger partial charge >= 0.3 is 0 Å². The highest BCUT2D eigenvalue weighted by atomic mass is 35.5. The van der Waals surface area contributed by atoms with Crippen molar-refractivity contribution >= 4 is 11.6 Å². The van der Waals surface area contributed by atoms with Crippen molar-refractivity contribution in [2.45, 2.75) is 13.5 Å². The summed E-state index contributed by atoms with van der Waals surface area (Å²) in [4.78, 5) is 4.37. The molecule has 0 radical (unpaired) electrons. The van der Waals surface area contributed by atoms with Gasteiger partial charge in [0.2, 0.25) is 0 Å². The fraction of sp³-hybridized carbons (Fsp3) is 0.176. The zero-order valence-corrected chi connectivity index (χ0v) is 13.2. The molecule has 2 aromatic heterocycles. The number of hydrogen-bond acceptors (Lipinski definition) is 3. The average molecular weight is 314 g/mol. The van der Waals surface area contributed by atoms with Gasteiger partial charge in [0.15, 0.2) is 0 Å². The van der Waals surface area contributed by atoms with Crippen molar-refractivity contribution in [1.82, 2.24) is 14.8 Å². The van der Waals surface area contributed by atoms with E-state index in [9.17, 15) is 0 Å². The van der Waals surface area contributed by atoms with Crippen LogP contribution in [0.3, 0.4) is 0 Å². The standard InChI is InChI=1S/C17H16ClN3O/c1-12-10-16(15-4-3-5-17(18)19-15)21(20-12)11-13-6-8-14(22-2)9-7-13/h3-10H,11H2,1-2H3. The Labute approximate surface area is 134 Å². The maximum absolute atomic E-state index is 5.99. The third kappa shape index (κ3) is 3.12. The normalized spacial score (nSPS) is 10.7. The number of pyridine rings is 1. The monoisotopic (exact) mass is 313 g/mol. The van der Waals surface area contributed by atoms with Gasteiger partial charge in [0.1, 0.15) is 10.9 Å². The molecule has 4 nitrogen and oxygen atoms in total. The first-order valence-corrected chi connectivity index (χ1v) is 7.34. The Hall–Kier alpha value is -2.33. The van der Waals surface area contributed by atoms with Crippen molar-refractivity contribution in [3.8, 4) is 17.1 Å². The number of benzene rings is 1. The molecule has 0 fully saturated rings. The molecule has 0 aliphatic rings. The van der Waals surface area contributed by atoms with Gasteiger partial charge in [-0.15, -0.1) is 0 Å². The van der Waals surface area contributed by atoms with Crippen LogP contribution in [0.5, 0.6) is 5.75 Å². The summed E-state index contributed by atoms with van der Waals surface area (Å²) >= 11 is 5.99. The van der Waals surface area contributed by atoms with E-state index < -0.39 is 0 Å². The molecule has 0 atom stereocenters. The minimum Gasteiger partial charge on any atom is -0.497 e. The molecule has 5 heteroatoms. The summed E-state index contributed by atoms with van der Waals surface area (Å²) in [7, 11) is 1.66. The SMILES string of the molecule is COc1ccc(Cn2nc(C)cc2-c2cccc(Cl)n2)cc1. The summed E-state index contributed by atoms with van der Waals surface area (Å²) in [6.07, 6.45) is 0. The number of aromatic nitrogens is 3. The Morgan fingerprint density at radius 1 is 1.14 bits per heavy atom. The van der Waals surface area contributed by atoms with Crippen LogP contribution in [0.25, 0.3) is 11.4 Å². The molecule has 0 amide bonds. The van der Waals surface area contributed by atoms with E-state index in [0.29, 0.717) is 11.7 Å². The summed E-state index contributed by atoms with van der Waals surface area (Å²) in [5.74, 6) is 0.845. The predicted molar refractivity (Wildman–Crippen MR) is 87.3 cm³/mol. The topological polar surface area (TPSA) is 39.9 Å². The molecule has 0 bridgehead atoms. The lowest BCUT2D eigenvalue weighted by Gasteiger charge is -2.08. The molecular formula is C17H16ClN3O. The second kappa shape index (κ2) is 6.20. The molecule has 0 N–H and O–H groups in total. The van der Waals surface area contributed by atoms with Gasteiger partial charge in [-0.25, -0.2) is 4.98 Å². The van der Waals surface area contributed by atoms with Crippen LogP contribution >= 0.6 is 11.6 Å². The van der Waals surface area contributed by atoms with Gasteiger partial charge in [-0.05, 0) is 42.8 Å². The lowest BCUT2D eigenvalue weighted by molar-refractivity contribution is 0.414. The number of aryl methyl sites for hydroxylation is 1. The van der Waals surface area contributed by atoms with E-state index in [2.05, 4.69) is 10.1 Å². The Morgan fingerprint density at radius 2 is 1.91 bits per heavy atom. The lowest BCUT2D eigenvalue weighted by Crippen LogP contribution is -2.04. The molecule has 0 unspecified atom stereocenters. The Kier molecular flexibility index (Phi) is 4.11. The van der Waals surface area contributed by atoms with Gasteiger partial charge < -0.3 is 4.74 Å². The Morgan fingerprint density at radius 3 is 2.59 bits per heavy atom. The molecule has 1 aromatic carbocycles. The molecule has 112 valence electrons. The van der Waals surface area contributed by atoms with Crippen LogP contribution in [-0.2, 0) is 6.54 Å². The summed E-state index contributed by atoms with van der Waals surface area (Å²) < 4.78 is 7.12. The van der Waals surface area contributed by atoms with Crippen LogP contribution in [0.2, 0.25) is 5.15 Å². The van der Waals surface area contributed by atoms with Crippen molar-refractivity contribution < 1.29 is 4.74 Å². The van der Waals surface area contributed by atoms with Crippen molar-refractivity contribution in [2.75, 3.05) is 7.11 Å². The fourth-order valence-electron chi connectivity index (χ4n) is 2.33. The number of ether oxygens (including phenoxy) is 1. The van der Waals surface area contributed by atoms with Crippen LogP contribution in [0.15, 0.2) is 48.5 Å². The molecule has 0 aliphatic heterocycles. The van der Waals surface area contributed by atoms with Gasteiger partial charge in [-0.2, -0.15) is 5.10 Å². The van der Waals surface area contributed by atoms with E-state index in [1.165, 1.54) is 0 Å². The minimum atomic E-state index is 0.479. The van der Waals surface area contributed by atoms with Crippen molar-refractivity contribution in [3.63, 3.8) is 0 Å². The molecule has 0 saturated carbocycles. The van der Waals surface area contributed by atoms with Gasteiger partial charge in [0, 0.05) is 0 Å². The first-order chi connectivity index (χ1) is 10.7. The number of halogens is 1. The van der Waals surface area contributed by atoms with E-state index in [1.54, 1.807) is 13.2 Å². The summed E-state index contributed by atoms with van der Waals surface area (Å²) in [5.41, 5.74) is 3.87. The smallest absolute Gasteiger partial charge is 0.129 e. The molecule has 0 aliphatic carbocycles. The molecule has 2 heterocycles. The maximum atomic E-state index is 5.99. The van der Waals surface area contributed by atoms with Crippen molar-refractivity contribution in [2.24, 2.45) is 0 Å². The second-order valence-electron chi connectivity index (χ2n) is 5.02. The van der Waals surface area contributed by atoms with Crippen molar-refractivity contribution in [3.05, 3.63) is 64.9 Å². The second-order valence-corrected chi connectivity index (χ2v) is 5.41. The lowest BCUT2D eigenvalue weighted by atomic mass is 10.2. The number of nitrogens with zero attached hydrogens (tertiary/aromatic N) is 3. The van der Waals surface area contributed by atoms with Crippen LogP contribution in [0, 0.1) is 6.92 Å². The summed E-state index contributed by atoms with van der Waals surface area (Å²) in [5, 5.41) is 5.04. The highest BCUT2D eigenvalue weighted by Crippen LogP contribution is 2.22. The molecule has 0 saturated heterocycles. The van der Waals surface area contributed by atoms with E-state index in [1.807, 2.05) is 54.1 Å². The minimum absolute atomic E-state index is 0.479. The molecule has 3 aromatic rings. The van der Waals surface area contributed by atoms with Gasteiger partial charge in [-0.1, -0.05) is 29.8 Å².